The Hall–Kier alpha value is -0.610. The van der Waals surface area contributed by atoms with Crippen molar-refractivity contribution in [2.24, 2.45) is 0 Å². The number of hydrogen-bond acceptors (Lipinski definition) is 3. The molecular formula is C10H13BrN2O. The number of halogens is 1. The standard InChI is InChI=1S/C10H13BrN2O/c11-7-4-8(6-12-5-7)13-9-2-1-3-10(9)14/h4-6,9-10,13-14H,1-3H2/t9-,10-/m0/s1. The van der Waals surface area contributed by atoms with Crippen molar-refractivity contribution in [1.29, 1.82) is 0 Å². The van der Waals surface area contributed by atoms with Crippen LogP contribution in [0, 0.1) is 0 Å². The molecule has 76 valence electrons. The number of pyridine rings is 1. The molecule has 2 rings (SSSR count). The SMILES string of the molecule is O[C@H]1CCC[C@@H]1Nc1cncc(Br)c1. The number of aliphatic hydroxyl groups excluding tert-OH is 1. The van der Waals surface area contributed by atoms with Crippen molar-refractivity contribution in [3.8, 4) is 0 Å². The average Bonchev–Trinajstić information content (AvgIpc) is 2.52. The molecule has 0 amide bonds. The minimum atomic E-state index is -0.214. The zero-order chi connectivity index (χ0) is 9.97. The van der Waals surface area contributed by atoms with Gasteiger partial charge in [-0.1, -0.05) is 0 Å². The van der Waals surface area contributed by atoms with Crippen LogP contribution in [0.3, 0.4) is 0 Å². The van der Waals surface area contributed by atoms with E-state index in [9.17, 15) is 5.11 Å². The van der Waals surface area contributed by atoms with Gasteiger partial charge in [-0.25, -0.2) is 0 Å². The summed E-state index contributed by atoms with van der Waals surface area (Å²) in [6, 6.07) is 2.16. The van der Waals surface area contributed by atoms with Crippen LogP contribution in [0.15, 0.2) is 22.9 Å². The van der Waals surface area contributed by atoms with Crippen LogP contribution in [0.1, 0.15) is 19.3 Å². The molecular weight excluding hydrogens is 244 g/mol. The van der Waals surface area contributed by atoms with Crippen molar-refractivity contribution >= 4 is 21.6 Å². The van der Waals surface area contributed by atoms with Gasteiger partial charge >= 0.3 is 0 Å². The third-order valence-electron chi connectivity index (χ3n) is 2.54. The molecule has 1 aromatic rings. The average molecular weight is 257 g/mol. The predicted octanol–water partition coefficient (Wildman–Crippen LogP) is 2.17. The molecule has 0 unspecified atom stereocenters. The minimum Gasteiger partial charge on any atom is -0.391 e. The molecule has 0 saturated heterocycles. The summed E-state index contributed by atoms with van der Waals surface area (Å²) in [6.45, 7) is 0. The number of anilines is 1. The summed E-state index contributed by atoms with van der Waals surface area (Å²) < 4.78 is 0.954. The van der Waals surface area contributed by atoms with E-state index in [0.717, 1.165) is 29.4 Å². The third-order valence-corrected chi connectivity index (χ3v) is 2.97. The number of nitrogens with one attached hydrogen (secondary N) is 1. The van der Waals surface area contributed by atoms with Gasteiger partial charge in [-0.3, -0.25) is 4.98 Å². The highest BCUT2D eigenvalue weighted by atomic mass is 79.9. The molecule has 1 fully saturated rings. The maximum atomic E-state index is 9.62. The molecule has 1 aliphatic rings. The quantitative estimate of drug-likeness (QED) is 0.853. The van der Waals surface area contributed by atoms with Crippen molar-refractivity contribution in [2.45, 2.75) is 31.4 Å². The highest BCUT2D eigenvalue weighted by Gasteiger charge is 2.24. The van der Waals surface area contributed by atoms with Crippen molar-refractivity contribution in [1.82, 2.24) is 4.98 Å². The lowest BCUT2D eigenvalue weighted by atomic mass is 10.2. The van der Waals surface area contributed by atoms with Crippen LogP contribution in [0.2, 0.25) is 0 Å². The van der Waals surface area contributed by atoms with Crippen LogP contribution in [-0.4, -0.2) is 22.2 Å². The van der Waals surface area contributed by atoms with Crippen LogP contribution in [-0.2, 0) is 0 Å². The molecule has 0 aromatic carbocycles. The van der Waals surface area contributed by atoms with E-state index in [-0.39, 0.29) is 12.1 Å². The normalized spacial score (nSPS) is 26.4. The summed E-state index contributed by atoms with van der Waals surface area (Å²) >= 11 is 3.36. The molecule has 0 aliphatic heterocycles. The Bertz CT molecular complexity index is 319. The first-order valence-electron chi connectivity index (χ1n) is 4.81. The zero-order valence-electron chi connectivity index (χ0n) is 7.78. The summed E-state index contributed by atoms with van der Waals surface area (Å²) in [5.74, 6) is 0. The number of rotatable bonds is 2. The summed E-state index contributed by atoms with van der Waals surface area (Å²) in [6.07, 6.45) is 6.34. The lowest BCUT2D eigenvalue weighted by Crippen LogP contribution is -2.27. The predicted molar refractivity (Wildman–Crippen MR) is 59.2 cm³/mol. The van der Waals surface area contributed by atoms with Gasteiger partial charge in [0.15, 0.2) is 0 Å². The van der Waals surface area contributed by atoms with Gasteiger partial charge in [0.2, 0.25) is 0 Å². The Labute approximate surface area is 91.7 Å². The Morgan fingerprint density at radius 3 is 2.93 bits per heavy atom. The topological polar surface area (TPSA) is 45.1 Å². The largest absolute Gasteiger partial charge is 0.391 e. The van der Waals surface area contributed by atoms with Crippen LogP contribution < -0.4 is 5.32 Å². The molecule has 1 heterocycles. The molecule has 1 saturated carbocycles. The van der Waals surface area contributed by atoms with Crippen LogP contribution in [0.5, 0.6) is 0 Å². The first-order chi connectivity index (χ1) is 6.75. The molecule has 2 N–H and O–H groups in total. The van der Waals surface area contributed by atoms with Crippen molar-refractivity contribution in [3.63, 3.8) is 0 Å². The van der Waals surface area contributed by atoms with E-state index in [4.69, 9.17) is 0 Å². The van der Waals surface area contributed by atoms with E-state index in [0.29, 0.717) is 0 Å². The van der Waals surface area contributed by atoms with Crippen LogP contribution >= 0.6 is 15.9 Å². The van der Waals surface area contributed by atoms with E-state index in [1.807, 2.05) is 6.07 Å². The number of aliphatic hydroxyl groups is 1. The van der Waals surface area contributed by atoms with Gasteiger partial charge in [-0.15, -0.1) is 0 Å². The Kier molecular flexibility index (Phi) is 3.03. The number of hydrogen-bond donors (Lipinski definition) is 2. The van der Waals surface area contributed by atoms with Crippen molar-refractivity contribution in [2.75, 3.05) is 5.32 Å². The third kappa shape index (κ3) is 2.25. The number of nitrogens with zero attached hydrogens (tertiary/aromatic N) is 1. The lowest BCUT2D eigenvalue weighted by Gasteiger charge is -2.17. The second kappa shape index (κ2) is 4.28. The van der Waals surface area contributed by atoms with Gasteiger partial charge in [0.25, 0.3) is 0 Å². The van der Waals surface area contributed by atoms with Gasteiger partial charge in [-0.05, 0) is 41.3 Å². The molecule has 0 bridgehead atoms. The fourth-order valence-corrected chi connectivity index (χ4v) is 2.18. The summed E-state index contributed by atoms with van der Waals surface area (Å²) in [5, 5.41) is 12.9. The van der Waals surface area contributed by atoms with Gasteiger partial charge in [-0.2, -0.15) is 0 Å². The highest BCUT2D eigenvalue weighted by Crippen LogP contribution is 2.23. The van der Waals surface area contributed by atoms with Gasteiger partial charge in [0.05, 0.1) is 24.0 Å². The van der Waals surface area contributed by atoms with Crippen LogP contribution in [0.4, 0.5) is 5.69 Å². The van der Waals surface area contributed by atoms with Gasteiger partial charge in [0, 0.05) is 10.7 Å². The smallest absolute Gasteiger partial charge is 0.0741 e. The highest BCUT2D eigenvalue weighted by molar-refractivity contribution is 9.10. The molecule has 1 aliphatic carbocycles. The van der Waals surface area contributed by atoms with E-state index in [2.05, 4.69) is 26.2 Å². The number of aromatic nitrogens is 1. The molecule has 0 radical (unpaired) electrons. The van der Waals surface area contributed by atoms with Crippen molar-refractivity contribution in [3.05, 3.63) is 22.9 Å². The second-order valence-electron chi connectivity index (χ2n) is 3.64. The van der Waals surface area contributed by atoms with Gasteiger partial charge < -0.3 is 10.4 Å². The molecule has 14 heavy (non-hydrogen) atoms. The molecule has 4 heteroatoms. The van der Waals surface area contributed by atoms with Crippen LogP contribution in [0.25, 0.3) is 0 Å². The van der Waals surface area contributed by atoms with E-state index >= 15 is 0 Å². The van der Waals surface area contributed by atoms with Crippen molar-refractivity contribution < 1.29 is 5.11 Å². The minimum absolute atomic E-state index is 0.186. The molecule has 3 nitrogen and oxygen atoms in total. The van der Waals surface area contributed by atoms with E-state index in [1.54, 1.807) is 12.4 Å². The van der Waals surface area contributed by atoms with Gasteiger partial charge in [0.1, 0.15) is 0 Å². The first kappa shape index (κ1) is 9.93. The maximum Gasteiger partial charge on any atom is 0.0741 e. The molecule has 2 atom stereocenters. The monoisotopic (exact) mass is 256 g/mol. The summed E-state index contributed by atoms with van der Waals surface area (Å²) in [7, 11) is 0. The Morgan fingerprint density at radius 2 is 2.29 bits per heavy atom. The van der Waals surface area contributed by atoms with E-state index < -0.39 is 0 Å². The molecule has 1 aromatic heterocycles. The lowest BCUT2D eigenvalue weighted by molar-refractivity contribution is 0.172. The second-order valence-corrected chi connectivity index (χ2v) is 4.56. The summed E-state index contributed by atoms with van der Waals surface area (Å²) in [5.41, 5.74) is 0.963. The Morgan fingerprint density at radius 1 is 1.43 bits per heavy atom. The van der Waals surface area contributed by atoms with E-state index in [1.165, 1.54) is 0 Å². The fourth-order valence-electron chi connectivity index (χ4n) is 1.81. The fraction of sp³-hybridized carbons (Fsp3) is 0.500. The summed E-state index contributed by atoms with van der Waals surface area (Å²) in [4.78, 5) is 4.06. The first-order valence-corrected chi connectivity index (χ1v) is 5.60. The molecule has 0 spiro atoms. The Balaban J connectivity index is 2.03. The zero-order valence-corrected chi connectivity index (χ0v) is 9.37. The maximum absolute atomic E-state index is 9.62.